The van der Waals surface area contributed by atoms with Crippen molar-refractivity contribution in [1.82, 2.24) is 10.2 Å². The molecule has 112 valence electrons. The summed E-state index contributed by atoms with van der Waals surface area (Å²) < 4.78 is 5.50. The van der Waals surface area contributed by atoms with Gasteiger partial charge in [0.15, 0.2) is 6.61 Å². The lowest BCUT2D eigenvalue weighted by molar-refractivity contribution is -0.118. The highest BCUT2D eigenvalue weighted by molar-refractivity contribution is 6.00. The highest BCUT2D eigenvalue weighted by atomic mass is 16.5. The molecule has 1 amide bonds. The first-order valence-electron chi connectivity index (χ1n) is 7.20. The van der Waals surface area contributed by atoms with E-state index in [1.54, 1.807) is 6.20 Å². The molecule has 0 fully saturated rings. The smallest absolute Gasteiger partial charge is 0.262 e. The lowest BCUT2D eigenvalue weighted by Gasteiger charge is -2.08. The van der Waals surface area contributed by atoms with Gasteiger partial charge in [0.05, 0.1) is 17.4 Å². The third-order valence-electron chi connectivity index (χ3n) is 3.45. The van der Waals surface area contributed by atoms with Gasteiger partial charge in [0.1, 0.15) is 5.75 Å². The summed E-state index contributed by atoms with van der Waals surface area (Å²) in [5.74, 6) is 0.480. The van der Waals surface area contributed by atoms with Crippen LogP contribution >= 0.6 is 0 Å². The van der Waals surface area contributed by atoms with Crippen molar-refractivity contribution in [2.75, 3.05) is 11.9 Å². The van der Waals surface area contributed by atoms with E-state index in [-0.39, 0.29) is 12.5 Å². The van der Waals surface area contributed by atoms with E-state index in [9.17, 15) is 4.79 Å². The van der Waals surface area contributed by atoms with Crippen LogP contribution in [-0.2, 0) is 11.2 Å². The van der Waals surface area contributed by atoms with Gasteiger partial charge in [0.2, 0.25) is 0 Å². The topological polar surface area (TPSA) is 67.0 Å². The second-order valence-electron chi connectivity index (χ2n) is 4.97. The molecule has 0 saturated carbocycles. The van der Waals surface area contributed by atoms with Gasteiger partial charge >= 0.3 is 0 Å². The molecule has 0 spiro atoms. The molecule has 0 aliphatic heterocycles. The van der Waals surface area contributed by atoms with E-state index in [0.29, 0.717) is 11.4 Å². The summed E-state index contributed by atoms with van der Waals surface area (Å²) in [6.45, 7) is 2.06. The van der Waals surface area contributed by atoms with Crippen molar-refractivity contribution in [2.24, 2.45) is 0 Å². The van der Waals surface area contributed by atoms with Crippen molar-refractivity contribution in [3.8, 4) is 5.75 Å². The van der Waals surface area contributed by atoms with Crippen LogP contribution in [0.25, 0.3) is 10.9 Å². The van der Waals surface area contributed by atoms with E-state index in [1.165, 1.54) is 5.56 Å². The van der Waals surface area contributed by atoms with Crippen LogP contribution in [0.3, 0.4) is 0 Å². The molecule has 0 radical (unpaired) electrons. The van der Waals surface area contributed by atoms with E-state index >= 15 is 0 Å². The van der Waals surface area contributed by atoms with Gasteiger partial charge in [-0.15, -0.1) is 0 Å². The number of hydrogen-bond donors (Lipinski definition) is 2. The average molecular weight is 295 g/mol. The Morgan fingerprint density at radius 1 is 1.23 bits per heavy atom. The normalized spacial score (nSPS) is 10.6. The number of benzene rings is 2. The summed E-state index contributed by atoms with van der Waals surface area (Å²) in [5, 5.41) is 10.6. The Morgan fingerprint density at radius 2 is 2.05 bits per heavy atom. The first-order valence-corrected chi connectivity index (χ1v) is 7.20. The number of amides is 1. The molecular formula is C17H17N3O2. The molecule has 2 aromatic carbocycles. The van der Waals surface area contributed by atoms with Crippen molar-refractivity contribution in [1.29, 1.82) is 0 Å². The van der Waals surface area contributed by atoms with Crippen LogP contribution in [0, 0.1) is 0 Å². The number of aryl methyl sites for hydroxylation is 1. The van der Waals surface area contributed by atoms with Gasteiger partial charge in [-0.3, -0.25) is 9.89 Å². The number of nitrogens with one attached hydrogen (secondary N) is 2. The Kier molecular flexibility index (Phi) is 4.05. The molecule has 3 aromatic rings. The van der Waals surface area contributed by atoms with Crippen LogP contribution in [0.15, 0.2) is 48.7 Å². The summed E-state index contributed by atoms with van der Waals surface area (Å²) in [7, 11) is 0. The number of aromatic nitrogens is 2. The molecule has 3 rings (SSSR count). The third-order valence-corrected chi connectivity index (χ3v) is 3.45. The number of rotatable bonds is 5. The van der Waals surface area contributed by atoms with E-state index in [4.69, 9.17) is 4.74 Å². The maximum absolute atomic E-state index is 12.0. The molecule has 1 aromatic heterocycles. The van der Waals surface area contributed by atoms with Gasteiger partial charge in [-0.1, -0.05) is 31.2 Å². The summed E-state index contributed by atoms with van der Waals surface area (Å²) in [6.07, 6.45) is 2.70. The Balaban J connectivity index is 1.61. The van der Waals surface area contributed by atoms with E-state index < -0.39 is 0 Å². The summed E-state index contributed by atoms with van der Waals surface area (Å²) >= 11 is 0. The van der Waals surface area contributed by atoms with Crippen LogP contribution in [-0.4, -0.2) is 22.7 Å². The molecule has 0 unspecified atom stereocenters. The number of para-hydroxylation sites is 1. The number of hydrogen-bond acceptors (Lipinski definition) is 3. The fourth-order valence-electron chi connectivity index (χ4n) is 2.23. The zero-order valence-electron chi connectivity index (χ0n) is 12.3. The lowest BCUT2D eigenvalue weighted by atomic mass is 10.2. The Hall–Kier alpha value is -2.82. The SMILES string of the molecule is CCc1ccc(OCC(=O)Nc2cccc3cn[nH]c23)cc1. The maximum atomic E-state index is 12.0. The van der Waals surface area contributed by atoms with E-state index in [2.05, 4.69) is 22.4 Å². The van der Waals surface area contributed by atoms with E-state index in [0.717, 1.165) is 17.3 Å². The van der Waals surface area contributed by atoms with Gasteiger partial charge in [-0.25, -0.2) is 0 Å². The number of nitrogens with zero attached hydrogens (tertiary/aromatic N) is 1. The monoisotopic (exact) mass is 295 g/mol. The predicted octanol–water partition coefficient (Wildman–Crippen LogP) is 3.14. The Bertz CT molecular complexity index is 778. The molecule has 5 nitrogen and oxygen atoms in total. The number of fused-ring (bicyclic) bond motifs is 1. The highest BCUT2D eigenvalue weighted by Crippen LogP contribution is 2.20. The predicted molar refractivity (Wildman–Crippen MR) is 86.0 cm³/mol. The first kappa shape index (κ1) is 14.1. The molecule has 2 N–H and O–H groups in total. The number of ether oxygens (including phenoxy) is 1. The minimum Gasteiger partial charge on any atom is -0.484 e. The number of carbonyl (C=O) groups is 1. The second-order valence-corrected chi connectivity index (χ2v) is 4.97. The van der Waals surface area contributed by atoms with Gasteiger partial charge in [-0.05, 0) is 30.2 Å². The molecule has 1 heterocycles. The summed E-state index contributed by atoms with van der Waals surface area (Å²) in [6, 6.07) is 13.4. The largest absolute Gasteiger partial charge is 0.484 e. The molecule has 5 heteroatoms. The number of aromatic amines is 1. The number of H-pyrrole nitrogens is 1. The number of carbonyl (C=O) groups excluding carboxylic acids is 1. The van der Waals surface area contributed by atoms with Gasteiger partial charge in [0, 0.05) is 5.39 Å². The zero-order chi connectivity index (χ0) is 15.4. The van der Waals surface area contributed by atoms with Gasteiger partial charge in [-0.2, -0.15) is 5.10 Å². The zero-order valence-corrected chi connectivity index (χ0v) is 12.3. The van der Waals surface area contributed by atoms with Crippen LogP contribution in [0.2, 0.25) is 0 Å². The standard InChI is InChI=1S/C17H17N3O2/c1-2-12-6-8-14(9-7-12)22-11-16(21)19-15-5-3-4-13-10-18-20-17(13)15/h3-10H,2,11H2,1H3,(H,18,20)(H,19,21). The van der Waals surface area contributed by atoms with Gasteiger partial charge in [0.25, 0.3) is 5.91 Å². The fraction of sp³-hybridized carbons (Fsp3) is 0.176. The molecule has 0 bridgehead atoms. The van der Waals surface area contributed by atoms with E-state index in [1.807, 2.05) is 42.5 Å². The fourth-order valence-corrected chi connectivity index (χ4v) is 2.23. The minimum absolute atomic E-state index is 0.0317. The summed E-state index contributed by atoms with van der Waals surface area (Å²) in [5.41, 5.74) is 2.75. The average Bonchev–Trinajstić information content (AvgIpc) is 3.03. The molecule has 0 aliphatic carbocycles. The molecule has 0 atom stereocenters. The highest BCUT2D eigenvalue weighted by Gasteiger charge is 2.07. The quantitative estimate of drug-likeness (QED) is 0.760. The Morgan fingerprint density at radius 3 is 2.82 bits per heavy atom. The van der Waals surface area contributed by atoms with Crippen molar-refractivity contribution < 1.29 is 9.53 Å². The minimum atomic E-state index is -0.207. The molecular weight excluding hydrogens is 278 g/mol. The molecule has 22 heavy (non-hydrogen) atoms. The van der Waals surface area contributed by atoms with Crippen molar-refractivity contribution in [3.05, 3.63) is 54.2 Å². The van der Waals surface area contributed by atoms with Crippen LogP contribution in [0.4, 0.5) is 5.69 Å². The third kappa shape index (κ3) is 3.09. The van der Waals surface area contributed by atoms with Gasteiger partial charge < -0.3 is 10.1 Å². The Labute approximate surface area is 128 Å². The lowest BCUT2D eigenvalue weighted by Crippen LogP contribution is -2.20. The van der Waals surface area contributed by atoms with Crippen LogP contribution in [0.5, 0.6) is 5.75 Å². The van der Waals surface area contributed by atoms with Crippen molar-refractivity contribution in [3.63, 3.8) is 0 Å². The summed E-state index contributed by atoms with van der Waals surface area (Å²) in [4.78, 5) is 12.0. The molecule has 0 saturated heterocycles. The van der Waals surface area contributed by atoms with Crippen molar-refractivity contribution in [2.45, 2.75) is 13.3 Å². The van der Waals surface area contributed by atoms with Crippen molar-refractivity contribution >= 4 is 22.5 Å². The first-order chi connectivity index (χ1) is 10.8. The maximum Gasteiger partial charge on any atom is 0.262 e. The number of anilines is 1. The second kappa shape index (κ2) is 6.30. The van der Waals surface area contributed by atoms with Crippen LogP contribution < -0.4 is 10.1 Å². The van der Waals surface area contributed by atoms with Crippen LogP contribution in [0.1, 0.15) is 12.5 Å². The molecule has 0 aliphatic rings.